The first-order valence-electron chi connectivity index (χ1n) is 17.9. The number of phenolic OH excluding ortho intramolecular Hbond substituents is 2. The van der Waals surface area contributed by atoms with E-state index in [9.17, 15) is 29.4 Å². The first kappa shape index (κ1) is 41.3. The molecule has 284 valence electrons. The normalized spacial score (nSPS) is 11.8. The second-order valence-electron chi connectivity index (χ2n) is 12.7. The summed E-state index contributed by atoms with van der Waals surface area (Å²) in [5.41, 5.74) is 9.31. The molecule has 0 fully saturated rings. The van der Waals surface area contributed by atoms with Gasteiger partial charge in [0.25, 0.3) is 0 Å². The van der Waals surface area contributed by atoms with Gasteiger partial charge in [-0.3, -0.25) is 29.5 Å². The Bertz CT molecular complexity index is 1820. The maximum Gasteiger partial charge on any atom is 0.242 e. The number of rotatable bonds is 19. The van der Waals surface area contributed by atoms with Crippen LogP contribution in [0.15, 0.2) is 108 Å². The highest BCUT2D eigenvalue weighted by Crippen LogP contribution is 2.25. The number of halogens is 1. The second-order valence-corrected chi connectivity index (χ2v) is 13.9. The van der Waals surface area contributed by atoms with Crippen LogP contribution in [0.5, 0.6) is 11.5 Å². The van der Waals surface area contributed by atoms with Gasteiger partial charge in [-0.2, -0.15) is 0 Å². The summed E-state index contributed by atoms with van der Waals surface area (Å²) in [5.74, 6) is -1.41. The van der Waals surface area contributed by atoms with Crippen LogP contribution in [-0.2, 0) is 32.1 Å². The van der Waals surface area contributed by atoms with Gasteiger partial charge >= 0.3 is 0 Å². The van der Waals surface area contributed by atoms with Crippen molar-refractivity contribution in [1.82, 2.24) is 21.3 Å². The number of phenols is 2. The Morgan fingerprint density at radius 3 is 2.02 bits per heavy atom. The Morgan fingerprint density at radius 1 is 0.722 bits per heavy atom. The van der Waals surface area contributed by atoms with Crippen LogP contribution in [0, 0.1) is 3.57 Å². The molecule has 0 spiro atoms. The molecule has 0 unspecified atom stereocenters. The van der Waals surface area contributed by atoms with Crippen molar-refractivity contribution in [3.8, 4) is 11.5 Å². The molecule has 0 heterocycles. The summed E-state index contributed by atoms with van der Waals surface area (Å²) in [6.07, 6.45) is 2.91. The molecule has 0 bridgehead atoms. The third kappa shape index (κ3) is 14.2. The number of aliphatic imine (C=N–C) groups is 1. The lowest BCUT2D eigenvalue weighted by atomic mass is 9.90. The lowest BCUT2D eigenvalue weighted by Gasteiger charge is -2.23. The summed E-state index contributed by atoms with van der Waals surface area (Å²) in [5, 5.41) is 30.5. The fourth-order valence-corrected chi connectivity index (χ4v) is 6.25. The molecule has 0 saturated carbocycles. The van der Waals surface area contributed by atoms with E-state index < -0.39 is 12.0 Å². The van der Waals surface area contributed by atoms with Crippen LogP contribution in [0.25, 0.3) is 0 Å². The number of benzene rings is 4. The van der Waals surface area contributed by atoms with E-state index in [0.717, 1.165) is 25.8 Å². The zero-order chi connectivity index (χ0) is 38.7. The number of aryl methyl sites for hydroxylation is 1. The van der Waals surface area contributed by atoms with Crippen molar-refractivity contribution in [3.05, 3.63) is 129 Å². The predicted octanol–water partition coefficient (Wildman–Crippen LogP) is 4.77. The van der Waals surface area contributed by atoms with Gasteiger partial charge in [0.05, 0.1) is 9.49 Å². The zero-order valence-electron chi connectivity index (χ0n) is 30.0. The number of carbonyl (C=O) groups is 4. The topological polar surface area (TPSA) is 195 Å². The van der Waals surface area contributed by atoms with Gasteiger partial charge in [-0.05, 0) is 101 Å². The van der Waals surface area contributed by atoms with E-state index in [-0.39, 0.29) is 67.0 Å². The molecule has 8 N–H and O–H groups in total. The molecule has 4 amide bonds. The van der Waals surface area contributed by atoms with Crippen molar-refractivity contribution in [1.29, 1.82) is 0 Å². The molecule has 1 atom stereocenters. The number of hydrogen-bond donors (Lipinski definition) is 7. The second kappa shape index (κ2) is 21.9. The Balaban J connectivity index is 1.24. The third-order valence-corrected chi connectivity index (χ3v) is 9.43. The smallest absolute Gasteiger partial charge is 0.242 e. The number of hydrogen-bond acceptors (Lipinski definition) is 7. The maximum absolute atomic E-state index is 13.9. The van der Waals surface area contributed by atoms with Crippen molar-refractivity contribution >= 4 is 52.2 Å². The minimum Gasteiger partial charge on any atom is -0.508 e. The average Bonchev–Trinajstić information content (AvgIpc) is 3.17. The summed E-state index contributed by atoms with van der Waals surface area (Å²) in [4.78, 5) is 56.2. The molecule has 13 heteroatoms. The Morgan fingerprint density at radius 2 is 1.37 bits per heavy atom. The number of unbranched alkanes of at least 4 members (excludes halogenated alkanes) is 1. The van der Waals surface area contributed by atoms with Crippen molar-refractivity contribution in [3.63, 3.8) is 0 Å². The van der Waals surface area contributed by atoms with Crippen molar-refractivity contribution in [2.45, 2.75) is 63.5 Å². The number of nitrogens with two attached hydrogens (primary N) is 1. The van der Waals surface area contributed by atoms with E-state index in [0.29, 0.717) is 38.6 Å². The van der Waals surface area contributed by atoms with Gasteiger partial charge in [0, 0.05) is 32.5 Å². The SMILES string of the molecule is NC(=NCCC[C@@H](NC(=O)C(c1ccccc1)c1ccccc1)C(=O)NCc1ccc(O)cc1)NC(=O)CCCCNC(=O)CCc1ccc(O)c(I)c1. The summed E-state index contributed by atoms with van der Waals surface area (Å²) in [6, 6.07) is 29.6. The predicted molar refractivity (Wildman–Crippen MR) is 216 cm³/mol. The van der Waals surface area contributed by atoms with Gasteiger partial charge in [-0.25, -0.2) is 0 Å². The highest BCUT2D eigenvalue weighted by Gasteiger charge is 2.27. The minimum absolute atomic E-state index is 0.0391. The number of aromatic hydroxyl groups is 2. The van der Waals surface area contributed by atoms with E-state index in [4.69, 9.17) is 5.73 Å². The van der Waals surface area contributed by atoms with Crippen molar-refractivity contribution in [2.24, 2.45) is 10.7 Å². The molecule has 4 aromatic rings. The molecule has 0 aliphatic heterocycles. The maximum atomic E-state index is 13.9. The Kier molecular flexibility index (Phi) is 16.8. The van der Waals surface area contributed by atoms with Gasteiger partial charge in [0.15, 0.2) is 5.96 Å². The fourth-order valence-electron chi connectivity index (χ4n) is 5.67. The summed E-state index contributed by atoms with van der Waals surface area (Å²) in [6.45, 7) is 0.858. The van der Waals surface area contributed by atoms with E-state index in [2.05, 4.69) is 26.3 Å². The zero-order valence-corrected chi connectivity index (χ0v) is 32.1. The number of guanidine groups is 1. The number of amides is 4. The summed E-state index contributed by atoms with van der Waals surface area (Å²) < 4.78 is 0.740. The standard InChI is InChI=1S/C41H47IN6O6/c42-33-26-28(18-22-35(33)50)19-23-36(51)44-24-8-7-15-37(52)48-41(43)45-25-9-14-34(39(53)46-27-29-16-20-32(49)21-17-29)47-40(54)38(30-10-3-1-4-11-30)31-12-5-2-6-13-31/h1-6,10-13,16-18,20-22,26,34,38,49-50H,7-9,14-15,19,23-25,27H2,(H,44,51)(H,46,53)(H,47,54)(H3,43,45,48,52)/t34-/m1/s1. The molecule has 4 aromatic carbocycles. The number of nitrogens with zero attached hydrogens (tertiary/aromatic N) is 1. The number of nitrogens with one attached hydrogen (secondary N) is 4. The Hall–Kier alpha value is -5.44. The lowest BCUT2D eigenvalue weighted by Crippen LogP contribution is -2.48. The van der Waals surface area contributed by atoms with E-state index >= 15 is 0 Å². The molecular weight excluding hydrogens is 799 g/mol. The van der Waals surface area contributed by atoms with Crippen LogP contribution in [0.2, 0.25) is 0 Å². The van der Waals surface area contributed by atoms with E-state index in [1.165, 1.54) is 12.1 Å². The quantitative estimate of drug-likeness (QED) is 0.0306. The monoisotopic (exact) mass is 846 g/mol. The molecule has 0 aliphatic rings. The fraction of sp³-hybridized carbons (Fsp3) is 0.293. The lowest BCUT2D eigenvalue weighted by molar-refractivity contribution is -0.129. The molecule has 0 aromatic heterocycles. The first-order valence-corrected chi connectivity index (χ1v) is 19.0. The van der Waals surface area contributed by atoms with Crippen molar-refractivity contribution in [2.75, 3.05) is 13.1 Å². The summed E-state index contributed by atoms with van der Waals surface area (Å²) in [7, 11) is 0. The van der Waals surface area contributed by atoms with Gasteiger partial charge in [-0.1, -0.05) is 78.9 Å². The van der Waals surface area contributed by atoms with Gasteiger partial charge in [0.1, 0.15) is 17.5 Å². The van der Waals surface area contributed by atoms with Crippen LogP contribution < -0.4 is 27.0 Å². The van der Waals surface area contributed by atoms with Crippen LogP contribution in [0.3, 0.4) is 0 Å². The largest absolute Gasteiger partial charge is 0.508 e. The highest BCUT2D eigenvalue weighted by molar-refractivity contribution is 14.1. The molecule has 12 nitrogen and oxygen atoms in total. The van der Waals surface area contributed by atoms with Gasteiger partial charge in [0.2, 0.25) is 23.6 Å². The van der Waals surface area contributed by atoms with Gasteiger partial charge in [-0.15, -0.1) is 0 Å². The third-order valence-electron chi connectivity index (χ3n) is 8.57. The van der Waals surface area contributed by atoms with Gasteiger partial charge < -0.3 is 31.9 Å². The molecular formula is C41H47IN6O6. The number of carbonyl (C=O) groups excluding carboxylic acids is 4. The highest BCUT2D eigenvalue weighted by atomic mass is 127. The Labute approximate surface area is 329 Å². The van der Waals surface area contributed by atoms with E-state index in [1.54, 1.807) is 24.3 Å². The molecule has 54 heavy (non-hydrogen) atoms. The molecule has 0 aliphatic carbocycles. The molecule has 0 radical (unpaired) electrons. The average molecular weight is 847 g/mol. The first-order chi connectivity index (χ1) is 26.1. The molecule has 0 saturated heterocycles. The van der Waals surface area contributed by atoms with Crippen LogP contribution in [-0.4, -0.2) is 58.9 Å². The molecule has 4 rings (SSSR count). The summed E-state index contributed by atoms with van der Waals surface area (Å²) >= 11 is 2.05. The van der Waals surface area contributed by atoms with Crippen LogP contribution in [0.1, 0.15) is 66.7 Å². The van der Waals surface area contributed by atoms with Crippen LogP contribution in [0.4, 0.5) is 0 Å². The van der Waals surface area contributed by atoms with Crippen LogP contribution >= 0.6 is 22.6 Å². The minimum atomic E-state index is -0.882. The van der Waals surface area contributed by atoms with E-state index in [1.807, 2.05) is 89.3 Å². The van der Waals surface area contributed by atoms with Crippen molar-refractivity contribution < 1.29 is 29.4 Å².